The maximum atomic E-state index is 12.1. The largest absolute Gasteiger partial charge is 0.504 e. The van der Waals surface area contributed by atoms with Gasteiger partial charge in [-0.3, -0.25) is 10.2 Å². The SMILES string of the molecule is COc1ccc2ccccc2c1CNNC(=O)c1ccc(O)c(O)c1. The fourth-order valence-electron chi connectivity index (χ4n) is 2.64. The molecular formula is C19H18N2O4. The summed E-state index contributed by atoms with van der Waals surface area (Å²) in [4.78, 5) is 12.1. The molecule has 0 fully saturated rings. The predicted molar refractivity (Wildman–Crippen MR) is 94.6 cm³/mol. The third-order valence-electron chi connectivity index (χ3n) is 3.92. The van der Waals surface area contributed by atoms with Crippen LogP contribution in [-0.4, -0.2) is 23.2 Å². The Labute approximate surface area is 144 Å². The van der Waals surface area contributed by atoms with E-state index in [9.17, 15) is 15.0 Å². The number of hydrogen-bond acceptors (Lipinski definition) is 5. The second-order valence-electron chi connectivity index (χ2n) is 5.48. The summed E-state index contributed by atoms with van der Waals surface area (Å²) in [6.07, 6.45) is 0. The van der Waals surface area contributed by atoms with Crippen LogP contribution in [0.3, 0.4) is 0 Å². The zero-order chi connectivity index (χ0) is 17.8. The number of methoxy groups -OCH3 is 1. The second kappa shape index (κ2) is 7.11. The number of hydrogen-bond donors (Lipinski definition) is 4. The van der Waals surface area contributed by atoms with E-state index in [0.29, 0.717) is 6.54 Å². The topological polar surface area (TPSA) is 90.8 Å². The number of phenolic OH excluding ortho intramolecular Hbond substituents is 2. The predicted octanol–water partition coefficient (Wildman–Crippen LogP) is 2.69. The Morgan fingerprint density at radius 3 is 2.60 bits per heavy atom. The Morgan fingerprint density at radius 1 is 1.04 bits per heavy atom. The van der Waals surface area contributed by atoms with Gasteiger partial charge in [-0.05, 0) is 35.0 Å². The Balaban J connectivity index is 1.74. The highest BCUT2D eigenvalue weighted by Gasteiger charge is 2.11. The molecule has 3 aromatic rings. The molecule has 0 heterocycles. The molecule has 3 aromatic carbocycles. The van der Waals surface area contributed by atoms with Crippen LogP contribution < -0.4 is 15.6 Å². The number of rotatable bonds is 5. The summed E-state index contributed by atoms with van der Waals surface area (Å²) in [5.41, 5.74) is 6.60. The van der Waals surface area contributed by atoms with Crippen molar-refractivity contribution in [3.63, 3.8) is 0 Å². The van der Waals surface area contributed by atoms with Crippen LogP contribution in [0, 0.1) is 0 Å². The van der Waals surface area contributed by atoms with Crippen molar-refractivity contribution in [1.29, 1.82) is 0 Å². The number of amides is 1. The van der Waals surface area contributed by atoms with E-state index in [4.69, 9.17) is 4.74 Å². The molecule has 0 saturated heterocycles. The molecule has 0 aromatic heterocycles. The summed E-state index contributed by atoms with van der Waals surface area (Å²) in [6.45, 7) is 0.361. The third-order valence-corrected chi connectivity index (χ3v) is 3.92. The molecule has 0 aliphatic rings. The van der Waals surface area contributed by atoms with Crippen molar-refractivity contribution < 1.29 is 19.7 Å². The van der Waals surface area contributed by atoms with Crippen molar-refractivity contribution in [3.8, 4) is 17.2 Å². The number of hydrazine groups is 1. The molecule has 1 amide bonds. The minimum absolute atomic E-state index is 0.229. The lowest BCUT2D eigenvalue weighted by Crippen LogP contribution is -2.36. The van der Waals surface area contributed by atoms with Gasteiger partial charge in [0.2, 0.25) is 0 Å². The van der Waals surface area contributed by atoms with E-state index >= 15 is 0 Å². The van der Waals surface area contributed by atoms with Crippen molar-refractivity contribution in [2.24, 2.45) is 0 Å². The molecule has 128 valence electrons. The summed E-state index contributed by atoms with van der Waals surface area (Å²) < 4.78 is 5.41. The standard InChI is InChI=1S/C19H18N2O4/c1-25-18-9-7-12-4-2-3-5-14(12)15(18)11-20-21-19(24)13-6-8-16(22)17(23)10-13/h2-10,20,22-23H,11H2,1H3,(H,21,24). The Kier molecular flexibility index (Phi) is 4.72. The van der Waals surface area contributed by atoms with Crippen molar-refractivity contribution in [3.05, 3.63) is 65.7 Å². The van der Waals surface area contributed by atoms with Crippen LogP contribution in [0.1, 0.15) is 15.9 Å². The molecule has 4 N–H and O–H groups in total. The van der Waals surface area contributed by atoms with Crippen LogP contribution in [0.5, 0.6) is 17.2 Å². The van der Waals surface area contributed by atoms with Crippen molar-refractivity contribution in [2.45, 2.75) is 6.54 Å². The van der Waals surface area contributed by atoms with E-state index in [1.165, 1.54) is 18.2 Å². The maximum absolute atomic E-state index is 12.1. The first-order valence-electron chi connectivity index (χ1n) is 7.70. The molecular weight excluding hydrogens is 320 g/mol. The molecule has 6 nitrogen and oxygen atoms in total. The molecule has 6 heteroatoms. The number of fused-ring (bicyclic) bond motifs is 1. The van der Waals surface area contributed by atoms with Gasteiger partial charge in [-0.2, -0.15) is 0 Å². The number of carbonyl (C=O) groups excluding carboxylic acids is 1. The van der Waals surface area contributed by atoms with Gasteiger partial charge in [0.1, 0.15) is 5.75 Å². The summed E-state index contributed by atoms with van der Waals surface area (Å²) >= 11 is 0. The number of nitrogens with one attached hydrogen (secondary N) is 2. The molecule has 0 aliphatic heterocycles. The summed E-state index contributed by atoms with van der Waals surface area (Å²) in [7, 11) is 1.60. The lowest BCUT2D eigenvalue weighted by molar-refractivity contribution is 0.0931. The minimum atomic E-state index is -0.422. The van der Waals surface area contributed by atoms with E-state index in [1.807, 2.05) is 36.4 Å². The normalized spacial score (nSPS) is 10.6. The van der Waals surface area contributed by atoms with Gasteiger partial charge in [0.15, 0.2) is 11.5 Å². The van der Waals surface area contributed by atoms with Gasteiger partial charge >= 0.3 is 0 Å². The first kappa shape index (κ1) is 16.6. The van der Waals surface area contributed by atoms with Gasteiger partial charge in [-0.25, -0.2) is 5.43 Å². The molecule has 3 rings (SSSR count). The molecule has 25 heavy (non-hydrogen) atoms. The Hall–Kier alpha value is -3.25. The molecule has 0 unspecified atom stereocenters. The second-order valence-corrected chi connectivity index (χ2v) is 5.48. The van der Waals surface area contributed by atoms with Crippen LogP contribution in [0.25, 0.3) is 10.8 Å². The number of benzene rings is 3. The highest BCUT2D eigenvalue weighted by Crippen LogP contribution is 2.28. The van der Waals surface area contributed by atoms with E-state index in [-0.39, 0.29) is 17.1 Å². The zero-order valence-corrected chi connectivity index (χ0v) is 13.6. The maximum Gasteiger partial charge on any atom is 0.265 e. The Bertz CT molecular complexity index is 924. The number of carbonyl (C=O) groups is 1. The van der Waals surface area contributed by atoms with Gasteiger partial charge in [-0.1, -0.05) is 30.3 Å². The zero-order valence-electron chi connectivity index (χ0n) is 13.6. The summed E-state index contributed by atoms with van der Waals surface area (Å²) in [5.74, 6) is -0.314. The van der Waals surface area contributed by atoms with E-state index in [1.54, 1.807) is 7.11 Å². The van der Waals surface area contributed by atoms with Gasteiger partial charge in [0.25, 0.3) is 5.91 Å². The van der Waals surface area contributed by atoms with Gasteiger partial charge in [0, 0.05) is 17.7 Å². The van der Waals surface area contributed by atoms with Crippen molar-refractivity contribution in [1.82, 2.24) is 10.9 Å². The van der Waals surface area contributed by atoms with Crippen LogP contribution in [0.4, 0.5) is 0 Å². The number of aromatic hydroxyl groups is 2. The fourth-order valence-corrected chi connectivity index (χ4v) is 2.64. The molecule has 0 radical (unpaired) electrons. The lowest BCUT2D eigenvalue weighted by Gasteiger charge is -2.14. The lowest BCUT2D eigenvalue weighted by atomic mass is 10.0. The van der Waals surface area contributed by atoms with E-state index in [0.717, 1.165) is 22.1 Å². The molecule has 0 atom stereocenters. The average Bonchev–Trinajstić information content (AvgIpc) is 2.63. The number of ether oxygens (including phenoxy) is 1. The van der Waals surface area contributed by atoms with Crippen LogP contribution >= 0.6 is 0 Å². The van der Waals surface area contributed by atoms with Crippen LogP contribution in [0.2, 0.25) is 0 Å². The minimum Gasteiger partial charge on any atom is -0.504 e. The highest BCUT2D eigenvalue weighted by atomic mass is 16.5. The van der Waals surface area contributed by atoms with E-state index < -0.39 is 5.91 Å². The summed E-state index contributed by atoms with van der Waals surface area (Å²) in [6, 6.07) is 15.7. The fraction of sp³-hybridized carbons (Fsp3) is 0.105. The highest BCUT2D eigenvalue weighted by molar-refractivity contribution is 5.94. The first-order valence-corrected chi connectivity index (χ1v) is 7.70. The smallest absolute Gasteiger partial charge is 0.265 e. The third kappa shape index (κ3) is 3.49. The first-order chi connectivity index (χ1) is 12.1. The van der Waals surface area contributed by atoms with Crippen LogP contribution in [-0.2, 0) is 6.54 Å². The van der Waals surface area contributed by atoms with Crippen molar-refractivity contribution >= 4 is 16.7 Å². The van der Waals surface area contributed by atoms with E-state index in [2.05, 4.69) is 10.9 Å². The Morgan fingerprint density at radius 2 is 1.84 bits per heavy atom. The van der Waals surface area contributed by atoms with Crippen LogP contribution in [0.15, 0.2) is 54.6 Å². The molecule has 0 saturated carbocycles. The molecule has 0 spiro atoms. The monoisotopic (exact) mass is 338 g/mol. The van der Waals surface area contributed by atoms with Gasteiger partial charge < -0.3 is 14.9 Å². The average molecular weight is 338 g/mol. The quantitative estimate of drug-likeness (QED) is 0.424. The molecule has 0 aliphatic carbocycles. The van der Waals surface area contributed by atoms with Crippen molar-refractivity contribution in [2.75, 3.05) is 7.11 Å². The van der Waals surface area contributed by atoms with Gasteiger partial charge in [-0.15, -0.1) is 0 Å². The number of phenols is 2. The molecule has 0 bridgehead atoms. The van der Waals surface area contributed by atoms with Gasteiger partial charge in [0.05, 0.1) is 7.11 Å². The summed E-state index contributed by atoms with van der Waals surface area (Å²) in [5, 5.41) is 20.9.